The third-order valence-corrected chi connectivity index (χ3v) is 8.69. The highest BCUT2D eigenvalue weighted by molar-refractivity contribution is 5.94. The van der Waals surface area contributed by atoms with Gasteiger partial charge in [0.05, 0.1) is 34.8 Å². The van der Waals surface area contributed by atoms with Crippen LogP contribution in [0.25, 0.3) is 43.9 Å². The van der Waals surface area contributed by atoms with Crippen LogP contribution in [0.1, 0.15) is 24.0 Å². The molecule has 9 nitrogen and oxygen atoms in total. The number of hydrogen-bond donors (Lipinski definition) is 0. The molecule has 0 fully saturated rings. The Labute approximate surface area is 313 Å². The lowest BCUT2D eigenvalue weighted by Crippen LogP contribution is -2.15. The van der Waals surface area contributed by atoms with Crippen molar-refractivity contribution in [3.05, 3.63) is 128 Å². The lowest BCUT2D eigenvalue weighted by molar-refractivity contribution is 0.281. The molecule has 7 aromatic rings. The zero-order valence-electron chi connectivity index (χ0n) is 31.5. The van der Waals surface area contributed by atoms with E-state index < -0.39 is 5.82 Å². The van der Waals surface area contributed by atoms with Crippen LogP contribution in [-0.4, -0.2) is 64.3 Å². The van der Waals surface area contributed by atoms with E-state index in [0.29, 0.717) is 68.8 Å². The standard InChI is InChI=1S/C25H25NO4.C19H20FNO3/c1-17-14-21-24(27)20-11-10-19(29-18-8-5-4-6-9-18)16-22(20)30-25(21)23(15-17)28-13-7-12-26(2)3;1-12-9-15-18(22)14-6-5-13(20)11-16(14)24-19(15)17(10-12)23-8-4-7-21(2)3/h4-6,8-11,14-16H,7,12-13H2,1-3H3;5-6,9-11H,4,7-8H2,1-3H3. The van der Waals surface area contributed by atoms with Crippen molar-refractivity contribution in [2.45, 2.75) is 26.7 Å². The average Bonchev–Trinajstić information content (AvgIpc) is 3.13. The third-order valence-electron chi connectivity index (χ3n) is 8.69. The Hall–Kier alpha value is -5.71. The van der Waals surface area contributed by atoms with Crippen LogP contribution in [0.2, 0.25) is 0 Å². The molecule has 54 heavy (non-hydrogen) atoms. The summed E-state index contributed by atoms with van der Waals surface area (Å²) in [6.45, 7) is 6.75. The first-order valence-corrected chi connectivity index (χ1v) is 17.9. The van der Waals surface area contributed by atoms with E-state index in [2.05, 4.69) is 9.80 Å². The summed E-state index contributed by atoms with van der Waals surface area (Å²) >= 11 is 0. The van der Waals surface area contributed by atoms with Crippen LogP contribution < -0.4 is 25.1 Å². The van der Waals surface area contributed by atoms with E-state index in [-0.39, 0.29) is 16.4 Å². The molecule has 0 aliphatic heterocycles. The van der Waals surface area contributed by atoms with E-state index >= 15 is 0 Å². The highest BCUT2D eigenvalue weighted by Crippen LogP contribution is 2.32. The predicted octanol–water partition coefficient (Wildman–Crippen LogP) is 9.10. The summed E-state index contributed by atoms with van der Waals surface area (Å²) in [6, 6.07) is 26.1. The predicted molar refractivity (Wildman–Crippen MR) is 213 cm³/mol. The molecule has 0 aliphatic rings. The molecule has 0 aliphatic carbocycles. The van der Waals surface area contributed by atoms with Crippen LogP contribution in [0.15, 0.2) is 109 Å². The van der Waals surface area contributed by atoms with Gasteiger partial charge in [-0.3, -0.25) is 9.59 Å². The van der Waals surface area contributed by atoms with Gasteiger partial charge in [-0.2, -0.15) is 0 Å². The fourth-order valence-electron chi connectivity index (χ4n) is 6.11. The van der Waals surface area contributed by atoms with Gasteiger partial charge in [0, 0.05) is 25.2 Å². The smallest absolute Gasteiger partial charge is 0.200 e. The summed E-state index contributed by atoms with van der Waals surface area (Å²) < 4.78 is 43.1. The number of aryl methyl sites for hydroxylation is 2. The second-order valence-corrected chi connectivity index (χ2v) is 13.9. The maximum Gasteiger partial charge on any atom is 0.200 e. The first kappa shape index (κ1) is 38.0. The molecule has 10 heteroatoms. The monoisotopic (exact) mass is 732 g/mol. The quantitative estimate of drug-likeness (QED) is 0.0901. The number of nitrogens with zero attached hydrogens (tertiary/aromatic N) is 2. The lowest BCUT2D eigenvalue weighted by Gasteiger charge is -2.13. The number of fused-ring (bicyclic) bond motifs is 4. The van der Waals surface area contributed by atoms with Gasteiger partial charge in [0.2, 0.25) is 10.9 Å². The van der Waals surface area contributed by atoms with Crippen molar-refractivity contribution < 1.29 is 27.4 Å². The first-order valence-electron chi connectivity index (χ1n) is 17.9. The van der Waals surface area contributed by atoms with E-state index in [4.69, 9.17) is 23.0 Å². The van der Waals surface area contributed by atoms with E-state index in [1.165, 1.54) is 18.2 Å². The van der Waals surface area contributed by atoms with Crippen molar-refractivity contribution in [3.63, 3.8) is 0 Å². The van der Waals surface area contributed by atoms with Gasteiger partial charge >= 0.3 is 0 Å². The minimum Gasteiger partial charge on any atom is -0.490 e. The summed E-state index contributed by atoms with van der Waals surface area (Å²) in [4.78, 5) is 30.0. The second-order valence-electron chi connectivity index (χ2n) is 13.9. The van der Waals surface area contributed by atoms with Gasteiger partial charge in [0.25, 0.3) is 0 Å². The normalized spacial score (nSPS) is 11.4. The number of para-hydroxylation sites is 1. The minimum absolute atomic E-state index is 0.0700. The van der Waals surface area contributed by atoms with Crippen molar-refractivity contribution in [2.24, 2.45) is 0 Å². The summed E-state index contributed by atoms with van der Waals surface area (Å²) in [5.41, 5.74) is 3.18. The van der Waals surface area contributed by atoms with Gasteiger partial charge in [-0.1, -0.05) is 18.2 Å². The minimum atomic E-state index is -0.439. The second kappa shape index (κ2) is 17.0. The fraction of sp³-hybridized carbons (Fsp3) is 0.273. The summed E-state index contributed by atoms with van der Waals surface area (Å²) in [6.07, 6.45) is 1.74. The Morgan fingerprint density at radius 2 is 1.07 bits per heavy atom. The van der Waals surface area contributed by atoms with Gasteiger partial charge in [0.1, 0.15) is 28.5 Å². The van der Waals surface area contributed by atoms with Crippen molar-refractivity contribution in [2.75, 3.05) is 54.5 Å². The van der Waals surface area contributed by atoms with Gasteiger partial charge in [-0.25, -0.2) is 4.39 Å². The molecule has 280 valence electrons. The van der Waals surface area contributed by atoms with Crippen molar-refractivity contribution in [3.8, 4) is 23.0 Å². The Kier molecular flexibility index (Phi) is 11.9. The molecule has 5 aromatic carbocycles. The highest BCUT2D eigenvalue weighted by Gasteiger charge is 2.16. The van der Waals surface area contributed by atoms with E-state index in [1.54, 1.807) is 24.3 Å². The maximum absolute atomic E-state index is 13.5. The largest absolute Gasteiger partial charge is 0.490 e. The molecule has 0 bridgehead atoms. The molecule has 0 saturated carbocycles. The number of benzene rings is 5. The van der Waals surface area contributed by atoms with E-state index in [0.717, 1.165) is 42.8 Å². The molecular formula is C44H45FN2O7. The number of ether oxygens (including phenoxy) is 3. The van der Waals surface area contributed by atoms with E-state index in [1.807, 2.05) is 90.6 Å². The summed E-state index contributed by atoms with van der Waals surface area (Å²) in [7, 11) is 8.06. The van der Waals surface area contributed by atoms with Crippen LogP contribution in [0.4, 0.5) is 4.39 Å². The Bertz CT molecular complexity index is 2530. The first-order chi connectivity index (χ1) is 26.0. The highest BCUT2D eigenvalue weighted by atomic mass is 19.1. The topological polar surface area (TPSA) is 94.6 Å². The van der Waals surface area contributed by atoms with Crippen LogP contribution in [0.3, 0.4) is 0 Å². The van der Waals surface area contributed by atoms with Crippen molar-refractivity contribution in [1.82, 2.24) is 9.80 Å². The van der Waals surface area contributed by atoms with Crippen LogP contribution >= 0.6 is 0 Å². The molecule has 0 unspecified atom stereocenters. The third kappa shape index (κ3) is 9.07. The SMILES string of the molecule is Cc1cc(OCCCN(C)C)c2oc3cc(F)ccc3c(=O)c2c1.Cc1cc(OCCCN(C)C)c2oc3cc(Oc4ccccc4)ccc3c(=O)c2c1. The Balaban J connectivity index is 0.000000189. The molecule has 0 radical (unpaired) electrons. The summed E-state index contributed by atoms with van der Waals surface area (Å²) in [5.74, 6) is 2.01. The van der Waals surface area contributed by atoms with Crippen molar-refractivity contribution in [1.29, 1.82) is 0 Å². The molecule has 0 saturated heterocycles. The van der Waals surface area contributed by atoms with Crippen LogP contribution in [0, 0.1) is 19.7 Å². The average molecular weight is 733 g/mol. The molecule has 0 N–H and O–H groups in total. The zero-order chi connectivity index (χ0) is 38.4. The number of halogens is 1. The number of rotatable bonds is 12. The molecule has 0 atom stereocenters. The number of hydrogen-bond acceptors (Lipinski definition) is 9. The van der Waals surface area contributed by atoms with Gasteiger partial charge in [-0.15, -0.1) is 0 Å². The molecule has 2 aromatic heterocycles. The zero-order valence-corrected chi connectivity index (χ0v) is 31.5. The van der Waals surface area contributed by atoms with Crippen LogP contribution in [-0.2, 0) is 0 Å². The fourth-order valence-corrected chi connectivity index (χ4v) is 6.11. The van der Waals surface area contributed by atoms with Crippen molar-refractivity contribution >= 4 is 43.9 Å². The van der Waals surface area contributed by atoms with Gasteiger partial charge in [-0.05, 0) is 127 Å². The Morgan fingerprint density at radius 1 is 0.574 bits per heavy atom. The van der Waals surface area contributed by atoms with Gasteiger partial charge in [0.15, 0.2) is 22.7 Å². The molecular weight excluding hydrogens is 687 g/mol. The molecule has 7 rings (SSSR count). The van der Waals surface area contributed by atoms with Crippen LogP contribution in [0.5, 0.6) is 23.0 Å². The Morgan fingerprint density at radius 3 is 1.59 bits per heavy atom. The summed E-state index contributed by atoms with van der Waals surface area (Å²) in [5, 5.41) is 1.87. The maximum atomic E-state index is 13.5. The van der Waals surface area contributed by atoms with E-state index in [9.17, 15) is 14.0 Å². The molecule has 2 heterocycles. The molecule has 0 spiro atoms. The molecule has 0 amide bonds. The van der Waals surface area contributed by atoms with Gasteiger partial charge < -0.3 is 32.8 Å². The lowest BCUT2D eigenvalue weighted by atomic mass is 10.1.